The Bertz CT molecular complexity index is 668. The van der Waals surface area contributed by atoms with E-state index >= 15 is 0 Å². The minimum Gasteiger partial charge on any atom is -0.351 e. The second-order valence-corrected chi connectivity index (χ2v) is 5.91. The Morgan fingerprint density at radius 3 is 2.64 bits per heavy atom. The first-order chi connectivity index (χ1) is 10.5. The molecule has 2 heterocycles. The van der Waals surface area contributed by atoms with Gasteiger partial charge in [0.2, 0.25) is 0 Å². The molecule has 0 saturated carbocycles. The number of amides is 1. The predicted molar refractivity (Wildman–Crippen MR) is 87.2 cm³/mol. The zero-order valence-electron chi connectivity index (χ0n) is 13.4. The number of hydrogen-bond donors (Lipinski definition) is 1. The van der Waals surface area contributed by atoms with Gasteiger partial charge in [-0.1, -0.05) is 11.8 Å². The van der Waals surface area contributed by atoms with Crippen molar-refractivity contribution in [3.05, 3.63) is 34.9 Å². The maximum atomic E-state index is 12.1. The largest absolute Gasteiger partial charge is 0.351 e. The van der Waals surface area contributed by atoms with Gasteiger partial charge < -0.3 is 5.32 Å². The summed E-state index contributed by atoms with van der Waals surface area (Å²) < 4.78 is 1.96. The standard InChI is InChI=1S/C15H21N5OS/c1-10-9-13(18-15(17-10)22-4)14(21)16-6-5-7-20-12(3)8-11(2)19-20/h8-9H,5-7H2,1-4H3,(H,16,21). The number of aromatic nitrogens is 4. The van der Waals surface area contributed by atoms with E-state index in [9.17, 15) is 4.79 Å². The summed E-state index contributed by atoms with van der Waals surface area (Å²) in [6, 6.07) is 3.75. The van der Waals surface area contributed by atoms with Crippen LogP contribution in [0.4, 0.5) is 0 Å². The summed E-state index contributed by atoms with van der Waals surface area (Å²) >= 11 is 1.43. The van der Waals surface area contributed by atoms with Crippen LogP contribution in [0.2, 0.25) is 0 Å². The van der Waals surface area contributed by atoms with E-state index in [1.807, 2.05) is 37.8 Å². The number of thioether (sulfide) groups is 1. The molecule has 2 rings (SSSR count). The molecule has 0 fully saturated rings. The third kappa shape index (κ3) is 4.30. The molecule has 7 heteroatoms. The Morgan fingerprint density at radius 2 is 2.00 bits per heavy atom. The van der Waals surface area contributed by atoms with Crippen molar-refractivity contribution < 1.29 is 4.79 Å². The molecule has 1 N–H and O–H groups in total. The molecule has 2 aromatic rings. The highest BCUT2D eigenvalue weighted by atomic mass is 32.2. The van der Waals surface area contributed by atoms with Crippen molar-refractivity contribution in [2.75, 3.05) is 12.8 Å². The molecule has 0 unspecified atom stereocenters. The Balaban J connectivity index is 1.85. The lowest BCUT2D eigenvalue weighted by atomic mass is 10.3. The molecular formula is C15H21N5OS. The lowest BCUT2D eigenvalue weighted by Crippen LogP contribution is -2.26. The summed E-state index contributed by atoms with van der Waals surface area (Å²) in [4.78, 5) is 20.6. The number of nitrogens with one attached hydrogen (secondary N) is 1. The van der Waals surface area contributed by atoms with Crippen molar-refractivity contribution >= 4 is 17.7 Å². The first-order valence-corrected chi connectivity index (χ1v) is 8.41. The molecular weight excluding hydrogens is 298 g/mol. The van der Waals surface area contributed by atoms with Gasteiger partial charge in [-0.25, -0.2) is 9.97 Å². The number of carbonyl (C=O) groups is 1. The molecule has 22 heavy (non-hydrogen) atoms. The zero-order chi connectivity index (χ0) is 16.1. The molecule has 0 spiro atoms. The van der Waals surface area contributed by atoms with Gasteiger partial charge in [-0.05, 0) is 45.6 Å². The maximum Gasteiger partial charge on any atom is 0.270 e. The molecule has 0 aliphatic rings. The lowest BCUT2D eigenvalue weighted by molar-refractivity contribution is 0.0946. The summed E-state index contributed by atoms with van der Waals surface area (Å²) in [6.07, 6.45) is 2.72. The normalized spacial score (nSPS) is 10.7. The highest BCUT2D eigenvalue weighted by molar-refractivity contribution is 7.98. The lowest BCUT2D eigenvalue weighted by Gasteiger charge is -2.07. The molecule has 2 aromatic heterocycles. The van der Waals surface area contributed by atoms with Gasteiger partial charge in [0.15, 0.2) is 5.16 Å². The molecule has 6 nitrogen and oxygen atoms in total. The monoisotopic (exact) mass is 319 g/mol. The van der Waals surface area contributed by atoms with Crippen molar-refractivity contribution in [3.8, 4) is 0 Å². The number of aryl methyl sites for hydroxylation is 4. The SMILES string of the molecule is CSc1nc(C)cc(C(=O)NCCCn2nc(C)cc2C)n1. The van der Waals surface area contributed by atoms with Gasteiger partial charge in [0.05, 0.1) is 5.69 Å². The summed E-state index contributed by atoms with van der Waals surface area (Å²) in [5.41, 5.74) is 3.37. The Kier molecular flexibility index (Phi) is 5.54. The Labute approximate surface area is 134 Å². The summed E-state index contributed by atoms with van der Waals surface area (Å²) in [5.74, 6) is -0.158. The zero-order valence-corrected chi connectivity index (χ0v) is 14.2. The molecule has 1 amide bonds. The van der Waals surface area contributed by atoms with Crippen molar-refractivity contribution in [3.63, 3.8) is 0 Å². The van der Waals surface area contributed by atoms with Gasteiger partial charge in [-0.15, -0.1) is 0 Å². The van der Waals surface area contributed by atoms with Gasteiger partial charge >= 0.3 is 0 Å². The van der Waals surface area contributed by atoms with E-state index < -0.39 is 0 Å². The fourth-order valence-corrected chi connectivity index (χ4v) is 2.60. The van der Waals surface area contributed by atoms with Gasteiger partial charge in [0, 0.05) is 24.5 Å². The van der Waals surface area contributed by atoms with Crippen LogP contribution in [0.1, 0.15) is 34.0 Å². The highest BCUT2D eigenvalue weighted by Crippen LogP contribution is 2.10. The highest BCUT2D eigenvalue weighted by Gasteiger charge is 2.10. The predicted octanol–water partition coefficient (Wildman–Crippen LogP) is 2.14. The van der Waals surface area contributed by atoms with Crippen molar-refractivity contribution in [1.29, 1.82) is 0 Å². The topological polar surface area (TPSA) is 72.7 Å². The van der Waals surface area contributed by atoms with E-state index in [1.165, 1.54) is 11.8 Å². The van der Waals surface area contributed by atoms with Crippen LogP contribution in [0.25, 0.3) is 0 Å². The number of hydrogen-bond acceptors (Lipinski definition) is 5. The van der Waals surface area contributed by atoms with Crippen LogP contribution in [0, 0.1) is 20.8 Å². The van der Waals surface area contributed by atoms with E-state index in [4.69, 9.17) is 0 Å². The van der Waals surface area contributed by atoms with E-state index in [0.717, 1.165) is 30.0 Å². The molecule has 0 radical (unpaired) electrons. The van der Waals surface area contributed by atoms with Crippen molar-refractivity contribution in [2.24, 2.45) is 0 Å². The summed E-state index contributed by atoms with van der Waals surface area (Å²) in [6.45, 7) is 7.26. The number of carbonyl (C=O) groups excluding carboxylic acids is 1. The van der Waals surface area contributed by atoms with E-state index in [0.29, 0.717) is 17.4 Å². The van der Waals surface area contributed by atoms with Crippen molar-refractivity contribution in [1.82, 2.24) is 25.1 Å². The van der Waals surface area contributed by atoms with Gasteiger partial charge in [0.1, 0.15) is 5.69 Å². The maximum absolute atomic E-state index is 12.1. The number of rotatable bonds is 6. The van der Waals surface area contributed by atoms with Crippen LogP contribution in [0.5, 0.6) is 0 Å². The Hall–Kier alpha value is -1.89. The van der Waals surface area contributed by atoms with E-state index in [-0.39, 0.29) is 5.91 Å². The van der Waals surface area contributed by atoms with Crippen molar-refractivity contribution in [2.45, 2.75) is 38.9 Å². The summed E-state index contributed by atoms with van der Waals surface area (Å²) in [7, 11) is 0. The van der Waals surface area contributed by atoms with Crippen LogP contribution < -0.4 is 5.32 Å². The molecule has 0 aliphatic heterocycles. The summed E-state index contributed by atoms with van der Waals surface area (Å²) in [5, 5.41) is 7.91. The third-order valence-electron chi connectivity index (χ3n) is 3.18. The quantitative estimate of drug-likeness (QED) is 0.502. The second-order valence-electron chi connectivity index (χ2n) is 5.14. The van der Waals surface area contributed by atoms with Crippen LogP contribution in [-0.2, 0) is 6.54 Å². The fourth-order valence-electron chi connectivity index (χ4n) is 2.17. The molecule has 0 bridgehead atoms. The minimum absolute atomic E-state index is 0.158. The fraction of sp³-hybridized carbons (Fsp3) is 0.467. The van der Waals surface area contributed by atoms with Crippen LogP contribution in [0.3, 0.4) is 0 Å². The average molecular weight is 319 g/mol. The van der Waals surface area contributed by atoms with Gasteiger partial charge in [-0.2, -0.15) is 5.10 Å². The van der Waals surface area contributed by atoms with Crippen LogP contribution in [0.15, 0.2) is 17.3 Å². The molecule has 0 atom stereocenters. The van der Waals surface area contributed by atoms with E-state index in [2.05, 4.69) is 20.4 Å². The number of nitrogens with zero attached hydrogens (tertiary/aromatic N) is 4. The van der Waals surface area contributed by atoms with Crippen LogP contribution in [-0.4, -0.2) is 38.5 Å². The van der Waals surface area contributed by atoms with E-state index in [1.54, 1.807) is 6.07 Å². The first-order valence-electron chi connectivity index (χ1n) is 7.18. The van der Waals surface area contributed by atoms with Crippen LogP contribution >= 0.6 is 11.8 Å². The molecule has 0 aliphatic carbocycles. The molecule has 118 valence electrons. The minimum atomic E-state index is -0.158. The van der Waals surface area contributed by atoms with Gasteiger partial charge in [-0.3, -0.25) is 9.48 Å². The second kappa shape index (κ2) is 7.40. The molecule has 0 saturated heterocycles. The van der Waals surface area contributed by atoms with Gasteiger partial charge in [0.25, 0.3) is 5.91 Å². The average Bonchev–Trinajstić information content (AvgIpc) is 2.80. The molecule has 0 aromatic carbocycles. The Morgan fingerprint density at radius 1 is 1.23 bits per heavy atom. The smallest absolute Gasteiger partial charge is 0.270 e. The first kappa shape index (κ1) is 16.5. The third-order valence-corrected chi connectivity index (χ3v) is 3.73.